The summed E-state index contributed by atoms with van der Waals surface area (Å²) >= 11 is 3.24. The third kappa shape index (κ3) is 2.69. The minimum Gasteiger partial charge on any atom is -0.207 e. The van der Waals surface area contributed by atoms with E-state index in [0.717, 1.165) is 39.3 Å². The quantitative estimate of drug-likeness (QED) is 0.675. The van der Waals surface area contributed by atoms with Crippen LogP contribution in [0.25, 0.3) is 15.5 Å². The normalized spacial score (nSPS) is 11.3. The molecule has 0 aliphatic heterocycles. The number of benzene rings is 1. The van der Waals surface area contributed by atoms with Gasteiger partial charge in [0.05, 0.1) is 5.75 Å². The Morgan fingerprint density at radius 3 is 3.05 bits per heavy atom. The van der Waals surface area contributed by atoms with Crippen LogP contribution in [0.15, 0.2) is 24.3 Å². The van der Waals surface area contributed by atoms with E-state index < -0.39 is 0 Å². The molecule has 0 bridgehead atoms. The summed E-state index contributed by atoms with van der Waals surface area (Å²) < 4.78 is 15.0. The second-order valence-corrected chi connectivity index (χ2v) is 6.34. The van der Waals surface area contributed by atoms with Crippen molar-refractivity contribution < 1.29 is 4.39 Å². The molecule has 3 rings (SSSR count). The fourth-order valence-corrected chi connectivity index (χ4v) is 3.44. The molecular formula is C13H13FN4S2. The van der Waals surface area contributed by atoms with Crippen LogP contribution >= 0.6 is 23.1 Å². The largest absolute Gasteiger partial charge is 0.235 e. The SMILES string of the molecule is CCCSCc1nnc2sc(-c3cccc(F)c3)nn12. The van der Waals surface area contributed by atoms with E-state index in [1.54, 1.807) is 10.6 Å². The molecule has 0 aliphatic rings. The summed E-state index contributed by atoms with van der Waals surface area (Å²) in [4.78, 5) is 0.747. The highest BCUT2D eigenvalue weighted by atomic mass is 32.2. The van der Waals surface area contributed by atoms with Crippen LogP contribution in [-0.2, 0) is 5.75 Å². The lowest BCUT2D eigenvalue weighted by Crippen LogP contribution is -1.94. The molecule has 2 heterocycles. The van der Waals surface area contributed by atoms with Gasteiger partial charge in [-0.1, -0.05) is 30.4 Å². The summed E-state index contributed by atoms with van der Waals surface area (Å²) in [6.07, 6.45) is 1.14. The fraction of sp³-hybridized carbons (Fsp3) is 0.308. The number of nitrogens with zero attached hydrogens (tertiary/aromatic N) is 4. The first-order valence-corrected chi connectivity index (χ1v) is 8.30. The predicted octanol–water partition coefficient (Wildman–Crippen LogP) is 3.64. The Morgan fingerprint density at radius 2 is 2.25 bits per heavy atom. The third-order valence-electron chi connectivity index (χ3n) is 2.71. The molecule has 104 valence electrons. The zero-order valence-corrected chi connectivity index (χ0v) is 12.5. The number of aromatic nitrogens is 4. The van der Waals surface area contributed by atoms with E-state index >= 15 is 0 Å². The van der Waals surface area contributed by atoms with Crippen molar-refractivity contribution >= 4 is 28.1 Å². The maximum absolute atomic E-state index is 13.3. The van der Waals surface area contributed by atoms with Crippen molar-refractivity contribution in [1.82, 2.24) is 19.8 Å². The maximum atomic E-state index is 13.3. The van der Waals surface area contributed by atoms with Gasteiger partial charge in [-0.2, -0.15) is 21.4 Å². The van der Waals surface area contributed by atoms with Crippen LogP contribution in [0.4, 0.5) is 4.39 Å². The van der Waals surface area contributed by atoms with Crippen LogP contribution in [0.5, 0.6) is 0 Å². The standard InChI is InChI=1S/C13H13FN4S2/c1-2-6-19-8-11-15-16-13-18(11)17-12(20-13)9-4-3-5-10(14)7-9/h3-5,7H,2,6,8H2,1H3. The number of thioether (sulfide) groups is 1. The molecule has 20 heavy (non-hydrogen) atoms. The Hall–Kier alpha value is -1.47. The highest BCUT2D eigenvalue weighted by Crippen LogP contribution is 2.26. The van der Waals surface area contributed by atoms with E-state index in [0.29, 0.717) is 0 Å². The van der Waals surface area contributed by atoms with Gasteiger partial charge in [0.2, 0.25) is 4.96 Å². The summed E-state index contributed by atoms with van der Waals surface area (Å²) in [5, 5.41) is 13.5. The zero-order valence-electron chi connectivity index (χ0n) is 10.9. The Balaban J connectivity index is 1.91. The van der Waals surface area contributed by atoms with Gasteiger partial charge in [-0.05, 0) is 24.3 Å². The van der Waals surface area contributed by atoms with Gasteiger partial charge < -0.3 is 0 Å². The van der Waals surface area contributed by atoms with Crippen molar-refractivity contribution in [2.24, 2.45) is 0 Å². The molecule has 0 amide bonds. The monoisotopic (exact) mass is 308 g/mol. The van der Waals surface area contributed by atoms with Crippen LogP contribution < -0.4 is 0 Å². The first-order valence-electron chi connectivity index (χ1n) is 6.32. The first kappa shape index (κ1) is 13.5. The molecule has 0 unspecified atom stereocenters. The minimum atomic E-state index is -0.257. The van der Waals surface area contributed by atoms with Crippen molar-refractivity contribution in [2.45, 2.75) is 19.1 Å². The molecule has 0 spiro atoms. The summed E-state index contributed by atoms with van der Waals surface area (Å²) in [7, 11) is 0. The van der Waals surface area contributed by atoms with Gasteiger partial charge >= 0.3 is 0 Å². The molecule has 0 fully saturated rings. The number of hydrogen-bond donors (Lipinski definition) is 0. The second kappa shape index (κ2) is 5.88. The fourth-order valence-electron chi connectivity index (χ4n) is 1.79. The molecule has 3 aromatic rings. The molecule has 0 N–H and O–H groups in total. The number of hydrogen-bond acceptors (Lipinski definition) is 5. The van der Waals surface area contributed by atoms with E-state index in [9.17, 15) is 4.39 Å². The highest BCUT2D eigenvalue weighted by Gasteiger charge is 2.13. The molecule has 1 aromatic carbocycles. The Labute approximate surface area is 124 Å². The van der Waals surface area contributed by atoms with Crippen molar-refractivity contribution in [3.8, 4) is 10.6 Å². The first-order chi connectivity index (χ1) is 9.78. The third-order valence-corrected chi connectivity index (χ3v) is 4.81. The lowest BCUT2D eigenvalue weighted by atomic mass is 10.2. The molecule has 4 nitrogen and oxygen atoms in total. The van der Waals surface area contributed by atoms with E-state index in [4.69, 9.17) is 0 Å². The van der Waals surface area contributed by atoms with Crippen LogP contribution in [-0.4, -0.2) is 25.6 Å². The van der Waals surface area contributed by atoms with Gasteiger partial charge in [0.25, 0.3) is 0 Å². The second-order valence-electron chi connectivity index (χ2n) is 4.28. The lowest BCUT2D eigenvalue weighted by molar-refractivity contribution is 0.628. The van der Waals surface area contributed by atoms with Gasteiger partial charge in [0, 0.05) is 5.56 Å². The van der Waals surface area contributed by atoms with E-state index in [1.165, 1.54) is 23.5 Å². The number of rotatable bonds is 5. The van der Waals surface area contributed by atoms with Gasteiger partial charge in [0.15, 0.2) is 5.82 Å². The van der Waals surface area contributed by atoms with Crippen molar-refractivity contribution in [3.05, 3.63) is 35.9 Å². The van der Waals surface area contributed by atoms with Gasteiger partial charge in [-0.15, -0.1) is 10.2 Å². The number of fused-ring (bicyclic) bond motifs is 1. The topological polar surface area (TPSA) is 43.1 Å². The Kier molecular flexibility index (Phi) is 3.98. The molecule has 0 saturated heterocycles. The average Bonchev–Trinajstić information content (AvgIpc) is 3.00. The lowest BCUT2D eigenvalue weighted by Gasteiger charge is -1.96. The molecule has 2 aromatic heterocycles. The highest BCUT2D eigenvalue weighted by molar-refractivity contribution is 7.98. The van der Waals surface area contributed by atoms with Crippen molar-refractivity contribution in [1.29, 1.82) is 0 Å². The Morgan fingerprint density at radius 1 is 1.35 bits per heavy atom. The summed E-state index contributed by atoms with van der Waals surface area (Å²) in [6.45, 7) is 2.15. The molecule has 0 aliphatic carbocycles. The molecule has 0 atom stereocenters. The van der Waals surface area contributed by atoms with Gasteiger partial charge in [-0.3, -0.25) is 0 Å². The van der Waals surface area contributed by atoms with Crippen LogP contribution in [0.2, 0.25) is 0 Å². The van der Waals surface area contributed by atoms with Crippen molar-refractivity contribution in [3.63, 3.8) is 0 Å². The maximum Gasteiger partial charge on any atom is 0.235 e. The van der Waals surface area contributed by atoms with Gasteiger partial charge in [-0.25, -0.2) is 4.39 Å². The molecule has 0 radical (unpaired) electrons. The molecule has 7 heteroatoms. The van der Waals surface area contributed by atoms with Crippen LogP contribution in [0.3, 0.4) is 0 Å². The van der Waals surface area contributed by atoms with E-state index in [2.05, 4.69) is 22.2 Å². The van der Waals surface area contributed by atoms with Crippen LogP contribution in [0.1, 0.15) is 19.2 Å². The van der Waals surface area contributed by atoms with Crippen LogP contribution in [0, 0.1) is 5.82 Å². The minimum absolute atomic E-state index is 0.257. The van der Waals surface area contributed by atoms with E-state index in [1.807, 2.05) is 17.8 Å². The van der Waals surface area contributed by atoms with Crippen molar-refractivity contribution in [2.75, 3.05) is 5.75 Å². The van der Waals surface area contributed by atoms with Gasteiger partial charge in [0.1, 0.15) is 10.8 Å². The average molecular weight is 308 g/mol. The Bertz CT molecular complexity index is 722. The smallest absolute Gasteiger partial charge is 0.207 e. The predicted molar refractivity (Wildman–Crippen MR) is 80.5 cm³/mol. The summed E-state index contributed by atoms with van der Waals surface area (Å²) in [6, 6.07) is 6.44. The summed E-state index contributed by atoms with van der Waals surface area (Å²) in [5.41, 5.74) is 0.771. The van der Waals surface area contributed by atoms with E-state index in [-0.39, 0.29) is 5.82 Å². The molecular weight excluding hydrogens is 295 g/mol. The summed E-state index contributed by atoms with van der Waals surface area (Å²) in [5.74, 6) is 2.47. The number of halogens is 1. The zero-order chi connectivity index (χ0) is 13.9. The molecule has 0 saturated carbocycles.